The summed E-state index contributed by atoms with van der Waals surface area (Å²) in [6.07, 6.45) is 4.33. The number of fused-ring (bicyclic) bond motifs is 1. The molecule has 0 spiro atoms. The molecule has 0 radical (unpaired) electrons. The van der Waals surface area contributed by atoms with Gasteiger partial charge in [-0.2, -0.15) is 0 Å². The van der Waals surface area contributed by atoms with E-state index in [1.807, 2.05) is 50.2 Å². The van der Waals surface area contributed by atoms with E-state index in [0.717, 1.165) is 54.5 Å². The molecule has 0 saturated heterocycles. The molecular weight excluding hydrogens is 470 g/mol. The number of ether oxygens (including phenoxy) is 2. The molecule has 2 aromatic rings. The highest BCUT2D eigenvalue weighted by molar-refractivity contribution is 5.83. The average Bonchev–Trinajstić information content (AvgIpc) is 2.84. The van der Waals surface area contributed by atoms with Crippen LogP contribution in [0.1, 0.15) is 68.2 Å². The largest absolute Gasteiger partial charge is 0.491 e. The van der Waals surface area contributed by atoms with E-state index < -0.39 is 5.97 Å². The number of carbonyl (C=O) groups is 3. The Kier molecular flexibility index (Phi) is 8.85. The van der Waals surface area contributed by atoms with Gasteiger partial charge < -0.3 is 19.5 Å². The number of nitrogens with zero attached hydrogens (tertiary/aromatic N) is 1. The number of aliphatic carboxylic acids is 1. The van der Waals surface area contributed by atoms with Gasteiger partial charge in [0.2, 0.25) is 0 Å². The number of hydrogen-bond donors (Lipinski definition) is 1. The maximum absolute atomic E-state index is 12.8. The van der Waals surface area contributed by atoms with Crippen LogP contribution in [0.3, 0.4) is 0 Å². The minimum atomic E-state index is -0.762. The lowest BCUT2D eigenvalue weighted by Gasteiger charge is -2.32. The Hall–Kier alpha value is -3.35. The Balaban J connectivity index is 1.27. The van der Waals surface area contributed by atoms with E-state index in [4.69, 9.17) is 14.6 Å². The van der Waals surface area contributed by atoms with Crippen LogP contribution in [0.2, 0.25) is 0 Å². The lowest BCUT2D eigenvalue weighted by atomic mass is 9.85. The predicted octanol–water partition coefficient (Wildman–Crippen LogP) is 5.36. The predicted molar refractivity (Wildman–Crippen MR) is 140 cm³/mol. The van der Waals surface area contributed by atoms with Crippen molar-refractivity contribution < 1.29 is 29.0 Å². The van der Waals surface area contributed by atoms with Gasteiger partial charge in [0.25, 0.3) is 0 Å². The van der Waals surface area contributed by atoms with Gasteiger partial charge in [0, 0.05) is 32.4 Å². The quantitative estimate of drug-likeness (QED) is 0.491. The number of carbonyl (C=O) groups excluding carboxylic acids is 2. The number of amides is 1. The molecule has 2 aromatic carbocycles. The Morgan fingerprint density at radius 1 is 0.973 bits per heavy atom. The standard InChI is InChI=1S/C30H37NO6/c1-20(2)36-28-5-3-4-22(17-28)15-26(32)16-23-6-9-25-19-31(13-12-24(25)14-23)30(35)37-27-10-7-21(8-11-27)18-29(33)34/h3-6,9,14,17,20-21,27H,7-8,10-13,15-16,18-19H2,1-2H3,(H,33,34). The number of Topliss-reactive ketones (excluding diaryl/α,β-unsaturated/α-hetero) is 1. The van der Waals surface area contributed by atoms with Crippen molar-refractivity contribution >= 4 is 17.8 Å². The van der Waals surface area contributed by atoms with Crippen molar-refractivity contribution in [3.8, 4) is 5.75 Å². The summed E-state index contributed by atoms with van der Waals surface area (Å²) in [7, 11) is 0. The molecule has 1 fully saturated rings. The Morgan fingerprint density at radius 3 is 2.41 bits per heavy atom. The van der Waals surface area contributed by atoms with Crippen LogP contribution in [0.5, 0.6) is 5.75 Å². The first kappa shape index (κ1) is 26.7. The van der Waals surface area contributed by atoms with Crippen molar-refractivity contribution in [1.29, 1.82) is 0 Å². The van der Waals surface area contributed by atoms with E-state index in [2.05, 4.69) is 6.07 Å². The van der Waals surface area contributed by atoms with Crippen LogP contribution in [0, 0.1) is 5.92 Å². The molecule has 37 heavy (non-hydrogen) atoms. The highest BCUT2D eigenvalue weighted by atomic mass is 16.6. The molecule has 1 amide bonds. The van der Waals surface area contributed by atoms with Gasteiger partial charge in [-0.1, -0.05) is 30.3 Å². The molecule has 1 aliphatic carbocycles. The molecule has 0 aromatic heterocycles. The second-order valence-electron chi connectivity index (χ2n) is 10.6. The molecule has 1 N–H and O–H groups in total. The number of carboxylic acids is 1. The molecule has 2 aliphatic rings. The van der Waals surface area contributed by atoms with E-state index in [1.54, 1.807) is 4.90 Å². The number of hydrogen-bond acceptors (Lipinski definition) is 5. The minimum Gasteiger partial charge on any atom is -0.491 e. The fourth-order valence-electron chi connectivity index (χ4n) is 5.31. The van der Waals surface area contributed by atoms with Crippen molar-refractivity contribution in [2.45, 2.75) is 84.0 Å². The molecule has 1 heterocycles. The van der Waals surface area contributed by atoms with Crippen LogP contribution in [0.4, 0.5) is 4.79 Å². The SMILES string of the molecule is CC(C)Oc1cccc(CC(=O)Cc2ccc3c(c2)CCN(C(=O)OC2CCC(CC(=O)O)CC2)C3)c1. The Labute approximate surface area is 218 Å². The second-order valence-corrected chi connectivity index (χ2v) is 10.6. The molecule has 7 heteroatoms. The third-order valence-corrected chi connectivity index (χ3v) is 7.14. The minimum absolute atomic E-state index is 0.0877. The Morgan fingerprint density at radius 2 is 1.70 bits per heavy atom. The van der Waals surface area contributed by atoms with Crippen molar-refractivity contribution in [2.24, 2.45) is 5.92 Å². The van der Waals surface area contributed by atoms with Crippen LogP contribution >= 0.6 is 0 Å². The van der Waals surface area contributed by atoms with Gasteiger partial charge in [0.05, 0.1) is 6.10 Å². The maximum Gasteiger partial charge on any atom is 0.410 e. The Bertz CT molecular complexity index is 1120. The summed E-state index contributed by atoms with van der Waals surface area (Å²) >= 11 is 0. The summed E-state index contributed by atoms with van der Waals surface area (Å²) < 4.78 is 11.5. The van der Waals surface area contributed by atoms with Crippen LogP contribution in [0.25, 0.3) is 0 Å². The zero-order chi connectivity index (χ0) is 26.4. The van der Waals surface area contributed by atoms with E-state index in [1.165, 1.54) is 5.56 Å². The van der Waals surface area contributed by atoms with Crippen LogP contribution in [-0.4, -0.2) is 46.6 Å². The van der Waals surface area contributed by atoms with Gasteiger partial charge in [0.1, 0.15) is 17.6 Å². The second kappa shape index (κ2) is 12.3. The van der Waals surface area contributed by atoms with Crippen molar-refractivity contribution in [1.82, 2.24) is 4.90 Å². The van der Waals surface area contributed by atoms with Gasteiger partial charge in [0.15, 0.2) is 0 Å². The van der Waals surface area contributed by atoms with Gasteiger partial charge >= 0.3 is 12.1 Å². The molecular formula is C30H37NO6. The van der Waals surface area contributed by atoms with E-state index in [9.17, 15) is 14.4 Å². The topological polar surface area (TPSA) is 93.1 Å². The van der Waals surface area contributed by atoms with Gasteiger partial charge in [-0.05, 0) is 86.3 Å². The maximum atomic E-state index is 12.8. The third kappa shape index (κ3) is 7.81. The number of ketones is 1. The number of benzene rings is 2. The molecule has 4 rings (SSSR count). The molecule has 198 valence electrons. The van der Waals surface area contributed by atoms with Crippen molar-refractivity contribution in [3.63, 3.8) is 0 Å². The van der Waals surface area contributed by atoms with Crippen molar-refractivity contribution in [2.75, 3.05) is 6.54 Å². The first-order chi connectivity index (χ1) is 17.7. The fourth-order valence-corrected chi connectivity index (χ4v) is 5.31. The number of carboxylic acid groups (broad SMARTS) is 1. The first-order valence-electron chi connectivity index (χ1n) is 13.3. The molecule has 7 nitrogen and oxygen atoms in total. The molecule has 0 bridgehead atoms. The lowest BCUT2D eigenvalue weighted by molar-refractivity contribution is -0.138. The summed E-state index contributed by atoms with van der Waals surface area (Å²) in [5.41, 5.74) is 4.21. The first-order valence-corrected chi connectivity index (χ1v) is 13.3. The third-order valence-electron chi connectivity index (χ3n) is 7.14. The van der Waals surface area contributed by atoms with Gasteiger partial charge in [-0.25, -0.2) is 4.79 Å². The smallest absolute Gasteiger partial charge is 0.410 e. The summed E-state index contributed by atoms with van der Waals surface area (Å²) in [6, 6.07) is 13.8. The van der Waals surface area contributed by atoms with E-state index >= 15 is 0 Å². The monoisotopic (exact) mass is 507 g/mol. The van der Waals surface area contributed by atoms with Crippen LogP contribution < -0.4 is 4.74 Å². The molecule has 1 aliphatic heterocycles. The molecule has 0 atom stereocenters. The summed E-state index contributed by atoms with van der Waals surface area (Å²) in [5, 5.41) is 8.97. The fraction of sp³-hybridized carbons (Fsp3) is 0.500. The van der Waals surface area contributed by atoms with Gasteiger partial charge in [-0.3, -0.25) is 9.59 Å². The zero-order valence-corrected chi connectivity index (χ0v) is 21.8. The average molecular weight is 508 g/mol. The normalized spacial score (nSPS) is 19.3. The van der Waals surface area contributed by atoms with E-state index in [0.29, 0.717) is 25.9 Å². The van der Waals surface area contributed by atoms with Crippen LogP contribution in [-0.2, 0) is 40.1 Å². The highest BCUT2D eigenvalue weighted by Gasteiger charge is 2.28. The van der Waals surface area contributed by atoms with Crippen molar-refractivity contribution in [3.05, 3.63) is 64.7 Å². The zero-order valence-electron chi connectivity index (χ0n) is 21.8. The highest BCUT2D eigenvalue weighted by Crippen LogP contribution is 2.29. The van der Waals surface area contributed by atoms with Gasteiger partial charge in [-0.15, -0.1) is 0 Å². The lowest BCUT2D eigenvalue weighted by Crippen LogP contribution is -2.39. The summed E-state index contributed by atoms with van der Waals surface area (Å²) in [4.78, 5) is 38.2. The van der Waals surface area contributed by atoms with E-state index in [-0.39, 0.29) is 36.4 Å². The molecule has 0 unspecified atom stereocenters. The summed E-state index contributed by atoms with van der Waals surface area (Å²) in [5.74, 6) is 0.352. The van der Waals surface area contributed by atoms with Crippen LogP contribution in [0.15, 0.2) is 42.5 Å². The summed E-state index contributed by atoms with van der Waals surface area (Å²) in [6.45, 7) is 5.04. The number of rotatable bonds is 9. The molecule has 1 saturated carbocycles.